The highest BCUT2D eigenvalue weighted by atomic mass is 16.5. The van der Waals surface area contributed by atoms with Crippen LogP contribution < -0.4 is 4.90 Å². The molecule has 0 saturated carbocycles. The number of ketones is 1. The van der Waals surface area contributed by atoms with E-state index < -0.39 is 23.7 Å². The second-order valence-electron chi connectivity index (χ2n) is 8.65. The minimum Gasteiger partial charge on any atom is -0.507 e. The number of nitrogens with zero attached hydrogens (tertiary/aromatic N) is 1. The number of hydrogen-bond donors (Lipinski definition) is 1. The minimum atomic E-state index is -0.829. The third-order valence-electron chi connectivity index (χ3n) is 6.24. The van der Waals surface area contributed by atoms with E-state index in [0.717, 1.165) is 16.7 Å². The number of carbonyl (C=O) groups is 3. The summed E-state index contributed by atoms with van der Waals surface area (Å²) in [5.41, 5.74) is 4.95. The molecule has 3 aromatic rings. The van der Waals surface area contributed by atoms with Crippen LogP contribution in [0.1, 0.15) is 51.1 Å². The number of Topliss-reactive ketones (excluding diaryl/α,β-unsaturated/α-hetero) is 1. The molecule has 1 saturated heterocycles. The van der Waals surface area contributed by atoms with Crippen molar-refractivity contribution in [2.45, 2.75) is 33.7 Å². The van der Waals surface area contributed by atoms with E-state index in [0.29, 0.717) is 22.4 Å². The van der Waals surface area contributed by atoms with Crippen molar-refractivity contribution in [3.8, 4) is 0 Å². The molecule has 0 radical (unpaired) electrons. The molecule has 1 fully saturated rings. The highest BCUT2D eigenvalue weighted by Crippen LogP contribution is 2.42. The second-order valence-corrected chi connectivity index (χ2v) is 8.65. The Morgan fingerprint density at radius 1 is 0.914 bits per heavy atom. The molecule has 1 amide bonds. The van der Waals surface area contributed by atoms with Gasteiger partial charge in [-0.25, -0.2) is 4.79 Å². The minimum absolute atomic E-state index is 0.0262. The fourth-order valence-corrected chi connectivity index (χ4v) is 4.27. The van der Waals surface area contributed by atoms with Crippen molar-refractivity contribution in [2.24, 2.45) is 0 Å². The van der Waals surface area contributed by atoms with E-state index in [1.807, 2.05) is 51.1 Å². The number of hydrogen-bond acceptors (Lipinski definition) is 5. The highest BCUT2D eigenvalue weighted by molar-refractivity contribution is 6.51. The van der Waals surface area contributed by atoms with Crippen molar-refractivity contribution < 1.29 is 24.2 Å². The van der Waals surface area contributed by atoms with Crippen molar-refractivity contribution in [1.82, 2.24) is 0 Å². The molecule has 1 atom stereocenters. The van der Waals surface area contributed by atoms with E-state index in [-0.39, 0.29) is 17.9 Å². The predicted octanol–water partition coefficient (Wildman–Crippen LogP) is 5.41. The number of aliphatic hydroxyl groups excluding tert-OH is 1. The highest BCUT2D eigenvalue weighted by Gasteiger charge is 2.47. The lowest BCUT2D eigenvalue weighted by Crippen LogP contribution is -2.29. The van der Waals surface area contributed by atoms with E-state index in [9.17, 15) is 19.5 Å². The lowest BCUT2D eigenvalue weighted by Gasteiger charge is -2.26. The third kappa shape index (κ3) is 4.47. The van der Waals surface area contributed by atoms with Crippen molar-refractivity contribution in [2.75, 3.05) is 11.5 Å². The molecule has 0 aliphatic carbocycles. The van der Waals surface area contributed by atoms with Crippen LogP contribution in [0.4, 0.5) is 5.69 Å². The van der Waals surface area contributed by atoms with Gasteiger partial charge < -0.3 is 9.84 Å². The van der Waals surface area contributed by atoms with Gasteiger partial charge in [0.25, 0.3) is 11.7 Å². The topological polar surface area (TPSA) is 83.9 Å². The summed E-state index contributed by atoms with van der Waals surface area (Å²) in [6, 6.07) is 18.4. The van der Waals surface area contributed by atoms with Crippen LogP contribution in [0.5, 0.6) is 0 Å². The van der Waals surface area contributed by atoms with Gasteiger partial charge in [0.2, 0.25) is 0 Å². The standard InChI is InChI=1S/C29H27NO5/c1-5-35-29(34)20-11-13-23(14-12-20)30-25(21-8-6-7-17(2)15-21)24(27(32)28(30)33)26(31)22-10-9-18(3)19(4)16-22/h6-16,25,31H,5H2,1-4H3/b26-24-. The molecule has 1 unspecified atom stereocenters. The van der Waals surface area contributed by atoms with E-state index >= 15 is 0 Å². The molecule has 1 aliphatic heterocycles. The molecular formula is C29H27NO5. The molecule has 1 N–H and O–H groups in total. The van der Waals surface area contributed by atoms with Crippen molar-refractivity contribution in [3.63, 3.8) is 0 Å². The number of benzene rings is 3. The van der Waals surface area contributed by atoms with E-state index in [2.05, 4.69) is 0 Å². The predicted molar refractivity (Wildman–Crippen MR) is 134 cm³/mol. The lowest BCUT2D eigenvalue weighted by atomic mass is 9.93. The molecule has 0 spiro atoms. The van der Waals surface area contributed by atoms with Gasteiger partial charge in [-0.15, -0.1) is 0 Å². The summed E-state index contributed by atoms with van der Waals surface area (Å²) in [7, 11) is 0. The van der Waals surface area contributed by atoms with Crippen molar-refractivity contribution >= 4 is 29.1 Å². The molecule has 178 valence electrons. The Kier molecular flexibility index (Phi) is 6.56. The zero-order chi connectivity index (χ0) is 25.3. The first-order valence-electron chi connectivity index (χ1n) is 11.4. The second kappa shape index (κ2) is 9.58. The zero-order valence-corrected chi connectivity index (χ0v) is 20.2. The average molecular weight is 470 g/mol. The molecule has 0 aromatic heterocycles. The fraction of sp³-hybridized carbons (Fsp3) is 0.207. The van der Waals surface area contributed by atoms with Crippen LogP contribution in [0, 0.1) is 20.8 Å². The summed E-state index contributed by atoms with van der Waals surface area (Å²) in [5.74, 6) is -2.19. The van der Waals surface area contributed by atoms with E-state index in [1.54, 1.807) is 43.3 Å². The Hall–Kier alpha value is -4.19. The Bertz CT molecular complexity index is 1350. The van der Waals surface area contributed by atoms with Crippen LogP contribution in [0.15, 0.2) is 72.3 Å². The normalized spacial score (nSPS) is 17.0. The number of rotatable bonds is 5. The van der Waals surface area contributed by atoms with Crippen LogP contribution in [-0.4, -0.2) is 29.4 Å². The first-order chi connectivity index (χ1) is 16.7. The summed E-state index contributed by atoms with van der Waals surface area (Å²) in [6.45, 7) is 7.79. The average Bonchev–Trinajstić information content (AvgIpc) is 3.11. The molecule has 6 nitrogen and oxygen atoms in total. The van der Waals surface area contributed by atoms with Crippen LogP contribution in [0.25, 0.3) is 5.76 Å². The van der Waals surface area contributed by atoms with Crippen LogP contribution >= 0.6 is 0 Å². The number of anilines is 1. The van der Waals surface area contributed by atoms with E-state index in [4.69, 9.17) is 4.74 Å². The SMILES string of the molecule is CCOC(=O)c1ccc(N2C(=O)C(=O)/C(=C(\O)c3ccc(C)c(C)c3)C2c2cccc(C)c2)cc1. The van der Waals surface area contributed by atoms with Crippen molar-refractivity contribution in [1.29, 1.82) is 0 Å². The van der Waals surface area contributed by atoms with Gasteiger partial charge in [-0.05, 0) is 74.7 Å². The molecule has 1 heterocycles. The lowest BCUT2D eigenvalue weighted by molar-refractivity contribution is -0.132. The Balaban J connectivity index is 1.88. The molecule has 4 rings (SSSR count). The summed E-state index contributed by atoms with van der Waals surface area (Å²) in [4.78, 5) is 40.0. The maximum Gasteiger partial charge on any atom is 0.338 e. The molecular weight excluding hydrogens is 442 g/mol. The number of esters is 1. The number of amides is 1. The van der Waals surface area contributed by atoms with Crippen LogP contribution in [-0.2, 0) is 14.3 Å². The van der Waals surface area contributed by atoms with Gasteiger partial charge in [-0.3, -0.25) is 14.5 Å². The van der Waals surface area contributed by atoms with Gasteiger partial charge >= 0.3 is 5.97 Å². The maximum absolute atomic E-state index is 13.3. The molecule has 35 heavy (non-hydrogen) atoms. The summed E-state index contributed by atoms with van der Waals surface area (Å²) in [5, 5.41) is 11.3. The van der Waals surface area contributed by atoms with Gasteiger partial charge in [0.1, 0.15) is 5.76 Å². The van der Waals surface area contributed by atoms with Crippen LogP contribution in [0.2, 0.25) is 0 Å². The van der Waals surface area contributed by atoms with Crippen molar-refractivity contribution in [3.05, 3.63) is 106 Å². The molecule has 3 aromatic carbocycles. The smallest absolute Gasteiger partial charge is 0.338 e. The first kappa shape index (κ1) is 24.0. The number of aryl methyl sites for hydroxylation is 3. The number of ether oxygens (including phenoxy) is 1. The first-order valence-corrected chi connectivity index (χ1v) is 11.4. The zero-order valence-electron chi connectivity index (χ0n) is 20.2. The monoisotopic (exact) mass is 469 g/mol. The van der Waals surface area contributed by atoms with Crippen LogP contribution in [0.3, 0.4) is 0 Å². The Morgan fingerprint density at radius 2 is 1.60 bits per heavy atom. The molecule has 1 aliphatic rings. The quantitative estimate of drug-likeness (QED) is 0.234. The van der Waals surface area contributed by atoms with E-state index in [1.165, 1.54) is 4.90 Å². The van der Waals surface area contributed by atoms with Gasteiger partial charge in [0.15, 0.2) is 0 Å². The molecule has 6 heteroatoms. The summed E-state index contributed by atoms with van der Waals surface area (Å²) in [6.07, 6.45) is 0. The van der Waals surface area contributed by atoms with Gasteiger partial charge in [0.05, 0.1) is 23.8 Å². The number of carbonyl (C=O) groups excluding carboxylic acids is 3. The number of aliphatic hydroxyl groups is 1. The summed E-state index contributed by atoms with van der Waals surface area (Å²) < 4.78 is 5.04. The molecule has 0 bridgehead atoms. The Labute approximate surface area is 204 Å². The Morgan fingerprint density at radius 3 is 2.23 bits per heavy atom. The largest absolute Gasteiger partial charge is 0.507 e. The van der Waals surface area contributed by atoms with Gasteiger partial charge in [-0.1, -0.05) is 42.0 Å². The third-order valence-corrected chi connectivity index (χ3v) is 6.24. The summed E-state index contributed by atoms with van der Waals surface area (Å²) >= 11 is 0. The fourth-order valence-electron chi connectivity index (χ4n) is 4.27. The van der Waals surface area contributed by atoms with Gasteiger partial charge in [0, 0.05) is 11.3 Å². The van der Waals surface area contributed by atoms with Gasteiger partial charge in [-0.2, -0.15) is 0 Å². The maximum atomic E-state index is 13.3.